The molecule has 0 saturated heterocycles. The Kier molecular flexibility index (Phi) is 3.65. The molecule has 0 bridgehead atoms. The van der Waals surface area contributed by atoms with Crippen molar-refractivity contribution >= 4 is 39.4 Å². The van der Waals surface area contributed by atoms with Gasteiger partial charge in [0, 0.05) is 58.6 Å². The van der Waals surface area contributed by atoms with Gasteiger partial charge in [-0.2, -0.15) is 0 Å². The molecule has 0 amide bonds. The van der Waals surface area contributed by atoms with E-state index in [1.807, 2.05) is 23.8 Å². The van der Waals surface area contributed by atoms with Gasteiger partial charge in [0.15, 0.2) is 11.5 Å². The minimum absolute atomic E-state index is 0.0197. The van der Waals surface area contributed by atoms with Gasteiger partial charge < -0.3 is 14.0 Å². The number of benzene rings is 1. The number of Topliss-reactive ketones (excluding diaryl/α,β-unsaturated/α-hetero) is 2. The standard InChI is InChI=1S/C23H18F2N2O4/c1-2-12-19-15(16(28)4-3-5-17(19)29)10-27-9-14-13(21(12)27)7-6-11-8-18-22(26-20(11)14)31-23(24,25)30-18/h6-10,12,19H,2-5H2,1H3. The predicted molar refractivity (Wildman–Crippen MR) is 108 cm³/mol. The number of carbonyl (C=O) groups excluding carboxylic acids is 2. The first-order chi connectivity index (χ1) is 14.9. The van der Waals surface area contributed by atoms with E-state index < -0.39 is 12.2 Å². The number of ketones is 2. The highest BCUT2D eigenvalue weighted by Crippen LogP contribution is 2.47. The van der Waals surface area contributed by atoms with Gasteiger partial charge in [0.1, 0.15) is 5.78 Å². The number of nitrogens with zero attached hydrogens (tertiary/aromatic N) is 2. The summed E-state index contributed by atoms with van der Waals surface area (Å²) >= 11 is 0. The molecule has 0 spiro atoms. The third kappa shape index (κ3) is 2.57. The van der Waals surface area contributed by atoms with E-state index >= 15 is 0 Å². The fourth-order valence-corrected chi connectivity index (χ4v) is 5.23. The maximum absolute atomic E-state index is 13.5. The Morgan fingerprint density at radius 3 is 2.84 bits per heavy atom. The number of halogens is 2. The van der Waals surface area contributed by atoms with Crippen molar-refractivity contribution in [1.82, 2.24) is 9.55 Å². The first kappa shape index (κ1) is 18.5. The van der Waals surface area contributed by atoms with Gasteiger partial charge in [-0.05, 0) is 18.9 Å². The molecular weight excluding hydrogens is 406 g/mol. The molecule has 2 atom stereocenters. The third-order valence-corrected chi connectivity index (χ3v) is 6.53. The molecule has 6 rings (SSSR count). The zero-order valence-electron chi connectivity index (χ0n) is 16.7. The van der Waals surface area contributed by atoms with Crippen LogP contribution in [-0.2, 0) is 9.59 Å². The molecule has 3 aromatic rings. The Morgan fingerprint density at radius 1 is 1.19 bits per heavy atom. The molecule has 2 aliphatic heterocycles. The summed E-state index contributed by atoms with van der Waals surface area (Å²) in [5.74, 6) is -0.809. The fourth-order valence-electron chi connectivity index (χ4n) is 5.23. The predicted octanol–water partition coefficient (Wildman–Crippen LogP) is 4.80. The van der Waals surface area contributed by atoms with Crippen LogP contribution >= 0.6 is 0 Å². The van der Waals surface area contributed by atoms with E-state index in [1.165, 1.54) is 6.07 Å². The van der Waals surface area contributed by atoms with E-state index in [9.17, 15) is 18.4 Å². The van der Waals surface area contributed by atoms with Crippen LogP contribution in [0.25, 0.3) is 27.9 Å². The van der Waals surface area contributed by atoms with Crippen molar-refractivity contribution in [2.45, 2.75) is 44.8 Å². The molecule has 4 heterocycles. The number of ether oxygens (including phenoxy) is 2. The molecular formula is C23H18F2N2O4. The highest BCUT2D eigenvalue weighted by molar-refractivity contribution is 6.10. The maximum atomic E-state index is 13.5. The summed E-state index contributed by atoms with van der Waals surface area (Å²) in [6.07, 6.45) is 1.95. The summed E-state index contributed by atoms with van der Waals surface area (Å²) in [5, 5.41) is 2.27. The number of fused-ring (bicyclic) bond motifs is 7. The van der Waals surface area contributed by atoms with Crippen LogP contribution in [0.1, 0.15) is 44.2 Å². The van der Waals surface area contributed by atoms with Crippen molar-refractivity contribution in [3.8, 4) is 11.6 Å². The Morgan fingerprint density at radius 2 is 2.03 bits per heavy atom. The van der Waals surface area contributed by atoms with Crippen LogP contribution in [-0.4, -0.2) is 27.4 Å². The van der Waals surface area contributed by atoms with Crippen molar-refractivity contribution in [2.24, 2.45) is 5.92 Å². The second-order valence-corrected chi connectivity index (χ2v) is 8.30. The van der Waals surface area contributed by atoms with Gasteiger partial charge in [0.05, 0.1) is 11.4 Å². The van der Waals surface area contributed by atoms with Crippen molar-refractivity contribution in [3.05, 3.63) is 35.7 Å². The van der Waals surface area contributed by atoms with Gasteiger partial charge in [-0.15, -0.1) is 8.78 Å². The van der Waals surface area contributed by atoms with E-state index in [2.05, 4.69) is 14.5 Å². The number of allylic oxidation sites excluding steroid dienone is 1. The van der Waals surface area contributed by atoms with Gasteiger partial charge in [-0.3, -0.25) is 9.59 Å². The molecule has 0 radical (unpaired) electrons. The molecule has 8 heteroatoms. The van der Waals surface area contributed by atoms with Crippen molar-refractivity contribution in [1.29, 1.82) is 0 Å². The number of alkyl halides is 2. The highest BCUT2D eigenvalue weighted by atomic mass is 19.3. The number of aromatic nitrogens is 2. The average molecular weight is 424 g/mol. The molecule has 1 aliphatic carbocycles. The molecule has 0 N–H and O–H groups in total. The van der Waals surface area contributed by atoms with Crippen LogP contribution in [0.15, 0.2) is 30.0 Å². The monoisotopic (exact) mass is 424 g/mol. The highest BCUT2D eigenvalue weighted by Gasteiger charge is 2.45. The molecule has 6 nitrogen and oxygen atoms in total. The molecule has 2 unspecified atom stereocenters. The Bertz CT molecular complexity index is 1340. The summed E-state index contributed by atoms with van der Waals surface area (Å²) in [6.45, 7) is 2.01. The zero-order valence-corrected chi connectivity index (χ0v) is 16.7. The molecule has 31 heavy (non-hydrogen) atoms. The van der Waals surface area contributed by atoms with Gasteiger partial charge in [-0.25, -0.2) is 4.98 Å². The lowest BCUT2D eigenvalue weighted by atomic mass is 9.76. The van der Waals surface area contributed by atoms with Crippen molar-refractivity contribution in [3.63, 3.8) is 0 Å². The van der Waals surface area contributed by atoms with Crippen LogP contribution in [0.5, 0.6) is 11.6 Å². The average Bonchev–Trinajstić information content (AvgIpc) is 3.20. The summed E-state index contributed by atoms with van der Waals surface area (Å²) in [7, 11) is 0. The largest absolute Gasteiger partial charge is 0.587 e. The normalized spacial score (nSPS) is 24.2. The van der Waals surface area contributed by atoms with Crippen molar-refractivity contribution < 1.29 is 27.8 Å². The summed E-state index contributed by atoms with van der Waals surface area (Å²) in [4.78, 5) is 30.0. The van der Waals surface area contributed by atoms with E-state index in [0.29, 0.717) is 42.2 Å². The maximum Gasteiger partial charge on any atom is 0.587 e. The van der Waals surface area contributed by atoms with E-state index in [1.54, 1.807) is 12.3 Å². The van der Waals surface area contributed by atoms with E-state index in [-0.39, 0.29) is 29.1 Å². The van der Waals surface area contributed by atoms with Gasteiger partial charge in [-0.1, -0.05) is 19.1 Å². The molecule has 1 fully saturated rings. The zero-order chi connectivity index (χ0) is 21.5. The van der Waals surface area contributed by atoms with Crippen LogP contribution in [0, 0.1) is 5.92 Å². The van der Waals surface area contributed by atoms with E-state index in [4.69, 9.17) is 0 Å². The van der Waals surface area contributed by atoms with Gasteiger partial charge in [0.25, 0.3) is 5.88 Å². The number of rotatable bonds is 1. The molecule has 3 aliphatic rings. The molecule has 2 aromatic heterocycles. The molecule has 1 aromatic carbocycles. The quantitative estimate of drug-likeness (QED) is 0.561. The Balaban J connectivity index is 1.61. The lowest BCUT2D eigenvalue weighted by Gasteiger charge is -2.31. The topological polar surface area (TPSA) is 70.4 Å². The lowest BCUT2D eigenvalue weighted by Crippen LogP contribution is -2.30. The first-order valence-electron chi connectivity index (χ1n) is 10.4. The van der Waals surface area contributed by atoms with Crippen molar-refractivity contribution in [2.75, 3.05) is 0 Å². The molecule has 158 valence electrons. The summed E-state index contributed by atoms with van der Waals surface area (Å²) < 4.78 is 38.0. The van der Waals surface area contributed by atoms with Gasteiger partial charge in [0.2, 0.25) is 0 Å². The smallest absolute Gasteiger partial charge is 0.393 e. The minimum atomic E-state index is -3.74. The number of pyridine rings is 1. The first-order valence-corrected chi connectivity index (χ1v) is 10.4. The Labute approximate surface area is 175 Å². The summed E-state index contributed by atoms with van der Waals surface area (Å²) in [6, 6.07) is 5.20. The molecule has 1 saturated carbocycles. The minimum Gasteiger partial charge on any atom is -0.393 e. The fraction of sp³-hybridized carbons (Fsp3) is 0.348. The number of carbonyl (C=O) groups is 2. The lowest BCUT2D eigenvalue weighted by molar-refractivity contribution is -0.287. The third-order valence-electron chi connectivity index (χ3n) is 6.53. The van der Waals surface area contributed by atoms with Crippen LogP contribution < -0.4 is 9.47 Å². The van der Waals surface area contributed by atoms with Crippen LogP contribution in [0.2, 0.25) is 0 Å². The van der Waals surface area contributed by atoms with E-state index in [0.717, 1.165) is 16.5 Å². The van der Waals surface area contributed by atoms with Crippen LogP contribution in [0.4, 0.5) is 8.78 Å². The summed E-state index contributed by atoms with van der Waals surface area (Å²) in [5.41, 5.74) is 2.02. The number of hydrogen-bond donors (Lipinski definition) is 0. The second-order valence-electron chi connectivity index (χ2n) is 8.30. The SMILES string of the molecule is CCC1c2c3ccc4cc5c(nc4c3cn2C=C2C(=O)CCCC(=O)C21)OC(F)(F)O5. The number of hydrogen-bond acceptors (Lipinski definition) is 5. The van der Waals surface area contributed by atoms with Gasteiger partial charge >= 0.3 is 6.29 Å². The van der Waals surface area contributed by atoms with Crippen LogP contribution in [0.3, 0.4) is 0 Å². The Hall–Kier alpha value is -3.29. The second kappa shape index (κ2) is 6.12.